The second-order valence-electron chi connectivity index (χ2n) is 4.10. The molecule has 8 heteroatoms. The van der Waals surface area contributed by atoms with Crippen molar-refractivity contribution >= 4 is 23.5 Å². The van der Waals surface area contributed by atoms with Crippen LogP contribution in [-0.4, -0.2) is 42.3 Å². The Balaban J connectivity index is 2.14. The molecular formula is C12H12F3N3OS. The maximum absolute atomic E-state index is 12.4. The number of aliphatic imine (C=N–C) groups is 1. The van der Waals surface area contributed by atoms with Gasteiger partial charge in [-0.25, -0.2) is 5.01 Å². The van der Waals surface area contributed by atoms with Crippen LogP contribution in [0, 0.1) is 0 Å². The monoisotopic (exact) mass is 303 g/mol. The molecule has 1 amide bonds. The quantitative estimate of drug-likeness (QED) is 0.869. The molecule has 0 radical (unpaired) electrons. The first-order valence-electron chi connectivity index (χ1n) is 5.72. The fourth-order valence-electron chi connectivity index (χ4n) is 1.67. The number of hydrogen-bond donors (Lipinski definition) is 1. The molecule has 0 fully saturated rings. The third-order valence-electron chi connectivity index (χ3n) is 2.62. The largest absolute Gasteiger partial charge is 0.408 e. The summed E-state index contributed by atoms with van der Waals surface area (Å²) < 4.78 is 37.1. The molecule has 0 saturated heterocycles. The highest BCUT2D eigenvalue weighted by Crippen LogP contribution is 2.18. The number of amidine groups is 1. The van der Waals surface area contributed by atoms with Gasteiger partial charge in [-0.3, -0.25) is 15.2 Å². The molecule has 0 atom stereocenters. The van der Waals surface area contributed by atoms with Crippen molar-refractivity contribution in [1.29, 1.82) is 0 Å². The Labute approximate surface area is 118 Å². The minimum Gasteiger partial charge on any atom is -0.279 e. The third kappa shape index (κ3) is 3.66. The zero-order valence-electron chi connectivity index (χ0n) is 10.6. The lowest BCUT2D eigenvalue weighted by Crippen LogP contribution is -2.54. The summed E-state index contributed by atoms with van der Waals surface area (Å²) in [5, 5.41) is 0.546. The number of carbonyl (C=O) groups excluding carboxylic acids is 1. The summed E-state index contributed by atoms with van der Waals surface area (Å²) in [5.74, 6) is -0.437. The highest BCUT2D eigenvalue weighted by Gasteiger charge is 2.35. The predicted octanol–water partition coefficient (Wildman–Crippen LogP) is 2.06. The number of hydrazine groups is 1. The van der Waals surface area contributed by atoms with E-state index in [1.165, 1.54) is 0 Å². The second kappa shape index (κ2) is 5.74. The molecule has 4 nitrogen and oxygen atoms in total. The number of rotatable bonds is 3. The number of thioether (sulfide) groups is 1. The van der Waals surface area contributed by atoms with Crippen LogP contribution in [-0.2, 0) is 4.79 Å². The molecule has 0 spiro atoms. The van der Waals surface area contributed by atoms with Crippen LogP contribution in [0.1, 0.15) is 5.56 Å². The van der Waals surface area contributed by atoms with Crippen LogP contribution in [0.15, 0.2) is 34.2 Å². The molecule has 0 unspecified atom stereocenters. The number of amides is 1. The second-order valence-corrected chi connectivity index (χ2v) is 4.98. The van der Waals surface area contributed by atoms with Crippen LogP contribution in [0.2, 0.25) is 0 Å². The highest BCUT2D eigenvalue weighted by atomic mass is 32.2. The normalized spacial score (nSPS) is 15.9. The molecule has 2 rings (SSSR count). The number of carbonyl (C=O) groups is 1. The van der Waals surface area contributed by atoms with Crippen LogP contribution in [0.25, 0.3) is 0 Å². The zero-order chi connectivity index (χ0) is 14.8. The van der Waals surface area contributed by atoms with Gasteiger partial charge in [-0.15, -0.1) is 11.8 Å². The molecule has 20 heavy (non-hydrogen) atoms. The lowest BCUT2D eigenvalue weighted by atomic mass is 10.2. The van der Waals surface area contributed by atoms with Crippen molar-refractivity contribution in [3.63, 3.8) is 0 Å². The highest BCUT2D eigenvalue weighted by molar-refractivity contribution is 7.98. The van der Waals surface area contributed by atoms with Gasteiger partial charge in [0.05, 0.1) is 0 Å². The Morgan fingerprint density at radius 1 is 1.35 bits per heavy atom. The van der Waals surface area contributed by atoms with Gasteiger partial charge in [0.25, 0.3) is 5.91 Å². The van der Waals surface area contributed by atoms with Gasteiger partial charge in [0.15, 0.2) is 0 Å². The van der Waals surface area contributed by atoms with Gasteiger partial charge in [-0.1, -0.05) is 12.1 Å². The van der Waals surface area contributed by atoms with Crippen LogP contribution < -0.4 is 5.43 Å². The van der Waals surface area contributed by atoms with Gasteiger partial charge in [0.1, 0.15) is 18.9 Å². The van der Waals surface area contributed by atoms with Gasteiger partial charge in [0, 0.05) is 10.5 Å². The van der Waals surface area contributed by atoms with Crippen LogP contribution in [0.5, 0.6) is 0 Å². The van der Waals surface area contributed by atoms with Gasteiger partial charge >= 0.3 is 6.18 Å². The molecule has 1 heterocycles. The number of halogens is 3. The van der Waals surface area contributed by atoms with Crippen LogP contribution in [0.3, 0.4) is 0 Å². The maximum Gasteiger partial charge on any atom is 0.408 e. The van der Waals surface area contributed by atoms with Gasteiger partial charge in [-0.2, -0.15) is 13.2 Å². The van der Waals surface area contributed by atoms with Crippen molar-refractivity contribution in [3.05, 3.63) is 29.8 Å². The van der Waals surface area contributed by atoms with E-state index in [9.17, 15) is 18.0 Å². The molecule has 1 aromatic carbocycles. The topological polar surface area (TPSA) is 44.7 Å². The van der Waals surface area contributed by atoms with Crippen molar-refractivity contribution < 1.29 is 18.0 Å². The van der Waals surface area contributed by atoms with E-state index in [1.54, 1.807) is 23.9 Å². The summed E-state index contributed by atoms with van der Waals surface area (Å²) in [7, 11) is 0. The minimum atomic E-state index is -4.45. The van der Waals surface area contributed by atoms with Crippen LogP contribution in [0.4, 0.5) is 13.2 Å². The molecule has 108 valence electrons. The van der Waals surface area contributed by atoms with E-state index in [-0.39, 0.29) is 12.4 Å². The molecule has 1 aromatic rings. The average Bonchev–Trinajstić information content (AvgIpc) is 2.40. The Morgan fingerprint density at radius 2 is 2.00 bits per heavy atom. The fourth-order valence-corrected chi connectivity index (χ4v) is 2.08. The number of alkyl halides is 3. The summed E-state index contributed by atoms with van der Waals surface area (Å²) in [6, 6.07) is 7.18. The number of hydrogen-bond acceptors (Lipinski definition) is 4. The number of nitrogens with one attached hydrogen (secondary N) is 1. The zero-order valence-corrected chi connectivity index (χ0v) is 11.4. The van der Waals surface area contributed by atoms with E-state index in [2.05, 4.69) is 10.4 Å². The van der Waals surface area contributed by atoms with E-state index in [0.29, 0.717) is 10.6 Å². The van der Waals surface area contributed by atoms with E-state index >= 15 is 0 Å². The fraction of sp³-hybridized carbons (Fsp3) is 0.333. The SMILES string of the molecule is CSc1ccc(C2=NCC(=O)N(CC(F)(F)F)N2)cc1. The summed E-state index contributed by atoms with van der Waals surface area (Å²) in [5.41, 5.74) is 3.06. The summed E-state index contributed by atoms with van der Waals surface area (Å²) in [6.45, 7) is -1.63. The van der Waals surface area contributed by atoms with Gasteiger partial charge in [-0.05, 0) is 18.4 Å². The van der Waals surface area contributed by atoms with Gasteiger partial charge < -0.3 is 0 Å². The smallest absolute Gasteiger partial charge is 0.279 e. The first kappa shape index (κ1) is 14.7. The molecule has 1 aliphatic rings. The first-order valence-corrected chi connectivity index (χ1v) is 6.94. The maximum atomic E-state index is 12.4. The Bertz CT molecular complexity index is 528. The Kier molecular flexibility index (Phi) is 4.22. The van der Waals surface area contributed by atoms with Crippen molar-refractivity contribution in [2.24, 2.45) is 4.99 Å². The first-order chi connectivity index (χ1) is 9.39. The molecular weight excluding hydrogens is 291 g/mol. The van der Waals surface area contributed by atoms with Crippen LogP contribution >= 0.6 is 11.8 Å². The van der Waals surface area contributed by atoms with Crippen molar-refractivity contribution in [1.82, 2.24) is 10.4 Å². The minimum absolute atomic E-state index is 0.265. The molecule has 0 saturated carbocycles. The lowest BCUT2D eigenvalue weighted by Gasteiger charge is -2.29. The Hall–Kier alpha value is -1.70. The molecule has 0 aromatic heterocycles. The number of nitrogens with zero attached hydrogens (tertiary/aromatic N) is 2. The average molecular weight is 303 g/mol. The molecule has 1 aliphatic heterocycles. The van der Waals surface area contributed by atoms with E-state index in [1.807, 2.05) is 18.4 Å². The standard InChI is InChI=1S/C12H12F3N3OS/c1-20-9-4-2-8(3-5-9)11-16-6-10(19)18(17-11)7-12(13,14)15/h2-5H,6-7H2,1H3,(H,16,17). The van der Waals surface area contributed by atoms with Crippen molar-refractivity contribution in [2.45, 2.75) is 11.1 Å². The summed E-state index contributed by atoms with van der Waals surface area (Å²) in [6.07, 6.45) is -2.52. The van der Waals surface area contributed by atoms with Gasteiger partial charge in [0.2, 0.25) is 0 Å². The lowest BCUT2D eigenvalue weighted by molar-refractivity contribution is -0.164. The molecule has 1 N–H and O–H groups in total. The van der Waals surface area contributed by atoms with E-state index in [4.69, 9.17) is 0 Å². The predicted molar refractivity (Wildman–Crippen MR) is 70.5 cm³/mol. The molecule has 0 aliphatic carbocycles. The third-order valence-corrected chi connectivity index (χ3v) is 3.36. The number of benzene rings is 1. The van der Waals surface area contributed by atoms with E-state index < -0.39 is 18.6 Å². The summed E-state index contributed by atoms with van der Waals surface area (Å²) in [4.78, 5) is 16.4. The Morgan fingerprint density at radius 3 is 2.55 bits per heavy atom. The van der Waals surface area contributed by atoms with Crippen molar-refractivity contribution in [3.8, 4) is 0 Å². The molecule has 0 bridgehead atoms. The summed E-state index contributed by atoms with van der Waals surface area (Å²) >= 11 is 1.56. The van der Waals surface area contributed by atoms with E-state index in [0.717, 1.165) is 4.90 Å². The van der Waals surface area contributed by atoms with Crippen molar-refractivity contribution in [2.75, 3.05) is 19.3 Å².